The lowest BCUT2D eigenvalue weighted by Crippen LogP contribution is -2.26. The number of nitrogens with zero attached hydrogens (tertiary/aromatic N) is 1. The molecule has 0 saturated heterocycles. The van der Waals surface area contributed by atoms with Crippen LogP contribution in [0.3, 0.4) is 0 Å². The van der Waals surface area contributed by atoms with Gasteiger partial charge in [0.15, 0.2) is 11.8 Å². The van der Waals surface area contributed by atoms with E-state index in [-0.39, 0.29) is 11.9 Å². The van der Waals surface area contributed by atoms with E-state index < -0.39 is 60.8 Å². The van der Waals surface area contributed by atoms with Crippen molar-refractivity contribution in [2.45, 2.75) is 51.2 Å². The fourth-order valence-corrected chi connectivity index (χ4v) is 3.88. The van der Waals surface area contributed by atoms with Crippen molar-refractivity contribution in [1.29, 1.82) is 0 Å². The van der Waals surface area contributed by atoms with Crippen LogP contribution in [0.1, 0.15) is 39.0 Å². The second kappa shape index (κ2) is 10.9. The Morgan fingerprint density at radius 1 is 0.970 bits per heavy atom. The largest absolute Gasteiger partial charge is 0.575 e. The van der Waals surface area contributed by atoms with Gasteiger partial charge in [-0.05, 0) is 44.7 Å². The number of carbonyl (C=O) groups excluding carboxylic acids is 1. The molecule has 1 aliphatic carbocycles. The van der Waals surface area contributed by atoms with E-state index in [2.05, 4.69) is 4.74 Å². The molecule has 0 radical (unpaired) electrons. The van der Waals surface area contributed by atoms with Crippen LogP contribution in [0.15, 0.2) is 29.0 Å². The van der Waals surface area contributed by atoms with Crippen molar-refractivity contribution in [3.05, 3.63) is 53.4 Å². The molecule has 0 N–H and O–H groups in total. The molecule has 0 aliphatic heterocycles. The summed E-state index contributed by atoms with van der Waals surface area (Å²) in [4.78, 5) is 24.5. The summed E-state index contributed by atoms with van der Waals surface area (Å²) >= 11 is 0. The Morgan fingerprint density at radius 3 is 2.12 bits per heavy atom. The van der Waals surface area contributed by atoms with Crippen molar-refractivity contribution in [3.8, 4) is 17.2 Å². The first-order chi connectivity index (χ1) is 15.7. The van der Waals surface area contributed by atoms with Crippen LogP contribution in [-0.2, 0) is 9.53 Å². The number of carbonyl (C=O) groups is 1. The lowest BCUT2D eigenvalue weighted by molar-refractivity contribution is -0.170. The van der Waals surface area contributed by atoms with E-state index in [9.17, 15) is 31.6 Å². The minimum atomic E-state index is -2.88. The molecule has 6 nitrogen and oxygen atoms in total. The average Bonchev–Trinajstić information content (AvgIpc) is 2.80. The van der Waals surface area contributed by atoms with Crippen LogP contribution < -0.4 is 14.2 Å². The number of para-hydroxylation sites is 2. The van der Waals surface area contributed by atoms with Gasteiger partial charge >= 0.3 is 14.1 Å². The SMILES string of the molecule is CC(N=[P+]([O-])Oc1ccccc1Oc1c(F)c(F)c(F)c(F)c1F)C(=O)OC1CCCCC1. The minimum Gasteiger partial charge on any atom is -0.575 e. The van der Waals surface area contributed by atoms with Gasteiger partial charge in [0.05, 0.1) is 0 Å². The third-order valence-corrected chi connectivity index (χ3v) is 5.74. The first-order valence-corrected chi connectivity index (χ1v) is 11.2. The van der Waals surface area contributed by atoms with Gasteiger partial charge < -0.3 is 14.4 Å². The van der Waals surface area contributed by atoms with Crippen molar-refractivity contribution >= 4 is 14.1 Å². The van der Waals surface area contributed by atoms with Crippen LogP contribution >= 0.6 is 8.17 Å². The fraction of sp³-hybridized carbons (Fsp3) is 0.381. The van der Waals surface area contributed by atoms with Crippen LogP contribution in [-0.4, -0.2) is 18.1 Å². The molecule has 0 spiro atoms. The van der Waals surface area contributed by atoms with Crippen LogP contribution in [0.5, 0.6) is 17.2 Å². The average molecular weight is 491 g/mol. The number of hydrogen-bond donors (Lipinski definition) is 0. The number of halogens is 5. The topological polar surface area (TPSA) is 80.2 Å². The Kier molecular flexibility index (Phi) is 8.20. The first kappa shape index (κ1) is 24.9. The Morgan fingerprint density at radius 2 is 1.52 bits per heavy atom. The summed E-state index contributed by atoms with van der Waals surface area (Å²) in [6.07, 6.45) is 4.22. The molecule has 1 aliphatic rings. The number of ether oxygens (including phenoxy) is 2. The van der Waals surface area contributed by atoms with Gasteiger partial charge in [0.25, 0.3) is 0 Å². The van der Waals surface area contributed by atoms with Gasteiger partial charge in [-0.2, -0.15) is 8.78 Å². The standard InChI is InChI=1S/C21H19F5NO5P/c1-11(21(28)30-12-7-3-2-4-8-12)27-33(29)32-14-10-6-5-9-13(14)31-20-18(25)16(23)15(22)17(24)19(20)26/h5-6,9-12H,2-4,7-8H2,1H3. The van der Waals surface area contributed by atoms with E-state index in [0.29, 0.717) is 0 Å². The molecule has 12 heteroatoms. The zero-order valence-corrected chi connectivity index (χ0v) is 18.2. The molecular weight excluding hydrogens is 472 g/mol. The van der Waals surface area contributed by atoms with Crippen molar-refractivity contribution in [2.75, 3.05) is 0 Å². The van der Waals surface area contributed by atoms with Crippen molar-refractivity contribution < 1.29 is 45.6 Å². The van der Waals surface area contributed by atoms with Gasteiger partial charge in [0.2, 0.25) is 40.6 Å². The Hall–Kier alpha value is -2.78. The molecule has 0 amide bonds. The predicted molar refractivity (Wildman–Crippen MR) is 105 cm³/mol. The van der Waals surface area contributed by atoms with Crippen LogP contribution in [0, 0.1) is 29.1 Å². The molecule has 1 saturated carbocycles. The highest BCUT2D eigenvalue weighted by atomic mass is 31.1. The summed E-state index contributed by atoms with van der Waals surface area (Å²) in [5.74, 6) is -14.2. The fourth-order valence-electron chi connectivity index (χ4n) is 3.14. The van der Waals surface area contributed by atoms with Gasteiger partial charge in [-0.3, -0.25) is 4.52 Å². The molecule has 0 bridgehead atoms. The van der Waals surface area contributed by atoms with E-state index in [4.69, 9.17) is 14.0 Å². The summed E-state index contributed by atoms with van der Waals surface area (Å²) in [7, 11) is -2.88. The number of rotatable bonds is 7. The maximum Gasteiger partial charge on any atom is 0.395 e. The molecule has 2 unspecified atom stereocenters. The highest BCUT2D eigenvalue weighted by Crippen LogP contribution is 2.39. The molecule has 0 heterocycles. The third-order valence-electron chi connectivity index (χ3n) is 4.85. The second-order valence-corrected chi connectivity index (χ2v) is 8.15. The van der Waals surface area contributed by atoms with Crippen molar-refractivity contribution in [1.82, 2.24) is 0 Å². The van der Waals surface area contributed by atoms with E-state index in [1.807, 2.05) is 0 Å². The summed E-state index contributed by atoms with van der Waals surface area (Å²) in [6, 6.07) is 3.85. The van der Waals surface area contributed by atoms with Gasteiger partial charge in [0, 0.05) is 0 Å². The Labute approximate surface area is 186 Å². The maximum absolute atomic E-state index is 13.9. The zero-order valence-electron chi connectivity index (χ0n) is 17.3. The summed E-state index contributed by atoms with van der Waals surface area (Å²) in [5.41, 5.74) is 0. The maximum atomic E-state index is 13.9. The molecule has 2 atom stereocenters. The quantitative estimate of drug-likeness (QED) is 0.164. The van der Waals surface area contributed by atoms with E-state index in [0.717, 1.165) is 38.2 Å². The summed E-state index contributed by atoms with van der Waals surface area (Å²) < 4.78 is 86.9. The Bertz CT molecular complexity index is 1030. The van der Waals surface area contributed by atoms with Crippen LogP contribution in [0.2, 0.25) is 0 Å². The zero-order chi connectivity index (χ0) is 24.1. The molecule has 178 valence electrons. The molecule has 3 rings (SSSR count). The molecule has 2 aromatic rings. The first-order valence-electron chi connectivity index (χ1n) is 10.0. The number of esters is 1. The lowest BCUT2D eigenvalue weighted by atomic mass is 9.98. The Balaban J connectivity index is 1.75. The number of hydrogen-bond acceptors (Lipinski definition) is 6. The van der Waals surface area contributed by atoms with E-state index in [1.54, 1.807) is 0 Å². The smallest absolute Gasteiger partial charge is 0.395 e. The monoisotopic (exact) mass is 491 g/mol. The highest BCUT2D eigenvalue weighted by molar-refractivity contribution is 7.34. The van der Waals surface area contributed by atoms with Gasteiger partial charge in [-0.15, -0.1) is 0 Å². The number of benzene rings is 2. The van der Waals surface area contributed by atoms with Gasteiger partial charge in [0.1, 0.15) is 6.10 Å². The van der Waals surface area contributed by atoms with Crippen LogP contribution in [0.25, 0.3) is 0 Å². The molecule has 2 aromatic carbocycles. The van der Waals surface area contributed by atoms with Crippen molar-refractivity contribution in [3.63, 3.8) is 0 Å². The van der Waals surface area contributed by atoms with E-state index in [1.165, 1.54) is 25.1 Å². The summed E-state index contributed by atoms with van der Waals surface area (Å²) in [6.45, 7) is 1.36. The van der Waals surface area contributed by atoms with Crippen molar-refractivity contribution in [2.24, 2.45) is 4.74 Å². The third kappa shape index (κ3) is 5.97. The summed E-state index contributed by atoms with van der Waals surface area (Å²) in [5, 5.41) is 0. The highest BCUT2D eigenvalue weighted by Gasteiger charge is 2.29. The predicted octanol–water partition coefficient (Wildman–Crippen LogP) is 5.67. The van der Waals surface area contributed by atoms with Gasteiger partial charge in [-0.1, -0.05) is 23.3 Å². The second-order valence-electron chi connectivity index (χ2n) is 7.27. The lowest BCUT2D eigenvalue weighted by Gasteiger charge is -2.22. The van der Waals surface area contributed by atoms with Crippen LogP contribution in [0.4, 0.5) is 22.0 Å². The minimum absolute atomic E-state index is 0.224. The molecule has 1 fully saturated rings. The molecule has 33 heavy (non-hydrogen) atoms. The molecular formula is C21H19F5NO5P. The van der Waals surface area contributed by atoms with Gasteiger partial charge in [-0.25, -0.2) is 18.0 Å². The molecule has 0 aromatic heterocycles. The van der Waals surface area contributed by atoms with E-state index >= 15 is 0 Å². The normalized spacial score (nSPS) is 15.8.